The lowest BCUT2D eigenvalue weighted by atomic mass is 10.1. The first-order chi connectivity index (χ1) is 12.7. The summed E-state index contributed by atoms with van der Waals surface area (Å²) >= 11 is 1.47. The summed E-state index contributed by atoms with van der Waals surface area (Å²) in [4.78, 5) is 24.7. The Morgan fingerprint density at radius 1 is 1.22 bits per heavy atom. The summed E-state index contributed by atoms with van der Waals surface area (Å²) < 4.78 is 27.7. The standard InChI is InChI=1S/C18H22N2O5S2/c1-13(21)19-16(17-7-4-9-26-17)12-18(22)20-14-5-3-6-15(11-14)25-8-10-27(2,23)24/h3-7,9,11,16H,8,10,12H2,1-2H3,(H,19,21)(H,20,22). The van der Waals surface area contributed by atoms with Gasteiger partial charge in [-0.1, -0.05) is 12.1 Å². The Morgan fingerprint density at radius 2 is 2.00 bits per heavy atom. The summed E-state index contributed by atoms with van der Waals surface area (Å²) in [5.74, 6) is -0.0750. The minimum atomic E-state index is -3.10. The highest BCUT2D eigenvalue weighted by molar-refractivity contribution is 7.90. The normalized spacial score (nSPS) is 12.2. The van der Waals surface area contributed by atoms with Crippen LogP contribution in [0.5, 0.6) is 5.75 Å². The number of hydrogen-bond donors (Lipinski definition) is 2. The van der Waals surface area contributed by atoms with Crippen molar-refractivity contribution in [3.05, 3.63) is 46.7 Å². The number of nitrogens with one attached hydrogen (secondary N) is 2. The lowest BCUT2D eigenvalue weighted by Crippen LogP contribution is -2.29. The van der Waals surface area contributed by atoms with Crippen molar-refractivity contribution in [1.29, 1.82) is 0 Å². The topological polar surface area (TPSA) is 102 Å². The zero-order chi connectivity index (χ0) is 19.9. The van der Waals surface area contributed by atoms with Crippen LogP contribution in [0, 0.1) is 0 Å². The molecule has 0 spiro atoms. The Labute approximate surface area is 162 Å². The first-order valence-electron chi connectivity index (χ1n) is 8.24. The lowest BCUT2D eigenvalue weighted by Gasteiger charge is -2.16. The average Bonchev–Trinajstić information content (AvgIpc) is 3.07. The van der Waals surface area contributed by atoms with Crippen LogP contribution >= 0.6 is 11.3 Å². The van der Waals surface area contributed by atoms with Gasteiger partial charge in [0.05, 0.1) is 18.2 Å². The number of rotatable bonds is 9. The molecule has 1 atom stereocenters. The molecule has 1 aromatic heterocycles. The van der Waals surface area contributed by atoms with E-state index in [1.165, 1.54) is 18.3 Å². The minimum Gasteiger partial charge on any atom is -0.492 e. The van der Waals surface area contributed by atoms with Crippen LogP contribution in [-0.4, -0.2) is 38.8 Å². The molecule has 9 heteroatoms. The maximum atomic E-state index is 12.4. The second-order valence-corrected chi connectivity index (χ2v) is 9.27. The van der Waals surface area contributed by atoms with E-state index in [9.17, 15) is 18.0 Å². The average molecular weight is 411 g/mol. The van der Waals surface area contributed by atoms with E-state index in [0.29, 0.717) is 11.4 Å². The largest absolute Gasteiger partial charge is 0.492 e. The maximum absolute atomic E-state index is 12.4. The van der Waals surface area contributed by atoms with Crippen molar-refractivity contribution in [2.45, 2.75) is 19.4 Å². The van der Waals surface area contributed by atoms with Gasteiger partial charge in [-0.05, 0) is 23.6 Å². The molecule has 0 aliphatic rings. The van der Waals surface area contributed by atoms with Gasteiger partial charge in [-0.2, -0.15) is 0 Å². The van der Waals surface area contributed by atoms with E-state index in [2.05, 4.69) is 10.6 Å². The van der Waals surface area contributed by atoms with E-state index in [4.69, 9.17) is 4.74 Å². The molecule has 2 rings (SSSR count). The number of sulfone groups is 1. The molecule has 146 valence electrons. The summed E-state index contributed by atoms with van der Waals surface area (Å²) in [6, 6.07) is 10.1. The Kier molecular flexibility index (Phi) is 7.37. The smallest absolute Gasteiger partial charge is 0.226 e. The zero-order valence-electron chi connectivity index (χ0n) is 15.1. The lowest BCUT2D eigenvalue weighted by molar-refractivity contribution is -0.120. The number of carbonyl (C=O) groups is 2. The number of ether oxygens (including phenoxy) is 1. The first kappa shape index (κ1) is 20.9. The second-order valence-electron chi connectivity index (χ2n) is 6.03. The number of thiophene rings is 1. The fraction of sp³-hybridized carbons (Fsp3) is 0.333. The van der Waals surface area contributed by atoms with Crippen LogP contribution in [0.4, 0.5) is 5.69 Å². The molecular formula is C18H22N2O5S2. The van der Waals surface area contributed by atoms with Gasteiger partial charge in [0.25, 0.3) is 0 Å². The van der Waals surface area contributed by atoms with Crippen LogP contribution in [0.25, 0.3) is 0 Å². The molecule has 1 unspecified atom stereocenters. The predicted molar refractivity (Wildman–Crippen MR) is 106 cm³/mol. The maximum Gasteiger partial charge on any atom is 0.226 e. The van der Waals surface area contributed by atoms with Gasteiger partial charge in [0, 0.05) is 29.8 Å². The van der Waals surface area contributed by atoms with Gasteiger partial charge in [0.2, 0.25) is 11.8 Å². The Hall–Kier alpha value is -2.39. The van der Waals surface area contributed by atoms with Crippen molar-refractivity contribution < 1.29 is 22.7 Å². The van der Waals surface area contributed by atoms with Crippen molar-refractivity contribution in [2.24, 2.45) is 0 Å². The Bertz CT molecular complexity index is 879. The van der Waals surface area contributed by atoms with Crippen LogP contribution in [0.3, 0.4) is 0 Å². The quantitative estimate of drug-likeness (QED) is 0.661. The summed E-state index contributed by atoms with van der Waals surface area (Å²) in [7, 11) is -3.10. The fourth-order valence-corrected chi connectivity index (χ4v) is 3.49. The molecular weight excluding hydrogens is 388 g/mol. The van der Waals surface area contributed by atoms with Crippen molar-refractivity contribution in [2.75, 3.05) is 23.9 Å². The van der Waals surface area contributed by atoms with Gasteiger partial charge >= 0.3 is 0 Å². The number of anilines is 1. The Morgan fingerprint density at radius 3 is 2.63 bits per heavy atom. The molecule has 7 nitrogen and oxygen atoms in total. The molecule has 2 N–H and O–H groups in total. The van der Waals surface area contributed by atoms with E-state index in [0.717, 1.165) is 11.1 Å². The van der Waals surface area contributed by atoms with Crippen LogP contribution in [-0.2, 0) is 19.4 Å². The predicted octanol–water partition coefficient (Wildman–Crippen LogP) is 2.38. The SMILES string of the molecule is CC(=O)NC(CC(=O)Nc1cccc(OCCS(C)(=O)=O)c1)c1cccs1. The second kappa shape index (κ2) is 9.52. The molecule has 0 saturated carbocycles. The summed E-state index contributed by atoms with van der Waals surface area (Å²) in [6.07, 6.45) is 1.24. The third-order valence-corrected chi connectivity index (χ3v) is 5.39. The van der Waals surface area contributed by atoms with Crippen LogP contribution in [0.1, 0.15) is 24.3 Å². The van der Waals surface area contributed by atoms with Crippen molar-refractivity contribution in [3.8, 4) is 5.75 Å². The molecule has 1 aromatic carbocycles. The van der Waals surface area contributed by atoms with Crippen LogP contribution in [0.15, 0.2) is 41.8 Å². The molecule has 1 heterocycles. The molecule has 2 amide bonds. The summed E-state index contributed by atoms with van der Waals surface area (Å²) in [5, 5.41) is 7.44. The molecule has 0 aliphatic heterocycles. The van der Waals surface area contributed by atoms with E-state index < -0.39 is 15.9 Å². The van der Waals surface area contributed by atoms with Gasteiger partial charge in [-0.3, -0.25) is 9.59 Å². The third-order valence-electron chi connectivity index (χ3n) is 3.49. The van der Waals surface area contributed by atoms with Gasteiger partial charge in [-0.25, -0.2) is 8.42 Å². The van der Waals surface area contributed by atoms with Gasteiger partial charge in [-0.15, -0.1) is 11.3 Å². The highest BCUT2D eigenvalue weighted by Gasteiger charge is 2.18. The highest BCUT2D eigenvalue weighted by atomic mass is 32.2. The van der Waals surface area contributed by atoms with Crippen LogP contribution < -0.4 is 15.4 Å². The van der Waals surface area contributed by atoms with Gasteiger partial charge in [0.15, 0.2) is 9.84 Å². The van der Waals surface area contributed by atoms with Crippen molar-refractivity contribution >= 4 is 38.7 Å². The molecule has 0 bridgehead atoms. The van der Waals surface area contributed by atoms with Gasteiger partial charge < -0.3 is 15.4 Å². The van der Waals surface area contributed by atoms with Gasteiger partial charge in [0.1, 0.15) is 12.4 Å². The van der Waals surface area contributed by atoms with E-state index in [1.807, 2.05) is 17.5 Å². The van der Waals surface area contributed by atoms with Crippen LogP contribution in [0.2, 0.25) is 0 Å². The molecule has 0 fully saturated rings. The monoisotopic (exact) mass is 410 g/mol. The number of hydrogen-bond acceptors (Lipinski definition) is 6. The number of amides is 2. The number of carbonyl (C=O) groups excluding carboxylic acids is 2. The molecule has 2 aromatic rings. The van der Waals surface area contributed by atoms with Crippen molar-refractivity contribution in [3.63, 3.8) is 0 Å². The van der Waals surface area contributed by atoms with E-state index in [-0.39, 0.29) is 30.6 Å². The minimum absolute atomic E-state index is 0.0409. The molecule has 0 aliphatic carbocycles. The summed E-state index contributed by atoms with van der Waals surface area (Å²) in [6.45, 7) is 1.45. The highest BCUT2D eigenvalue weighted by Crippen LogP contribution is 2.23. The molecule has 0 radical (unpaired) electrons. The Balaban J connectivity index is 1.96. The fourth-order valence-electron chi connectivity index (χ4n) is 2.33. The van der Waals surface area contributed by atoms with E-state index in [1.54, 1.807) is 24.3 Å². The van der Waals surface area contributed by atoms with E-state index >= 15 is 0 Å². The number of benzene rings is 1. The molecule has 0 saturated heterocycles. The zero-order valence-corrected chi connectivity index (χ0v) is 16.7. The first-order valence-corrected chi connectivity index (χ1v) is 11.2. The third kappa shape index (κ3) is 7.79. The summed E-state index contributed by atoms with van der Waals surface area (Å²) in [5.41, 5.74) is 0.532. The van der Waals surface area contributed by atoms with Crippen molar-refractivity contribution in [1.82, 2.24) is 5.32 Å². The molecule has 27 heavy (non-hydrogen) atoms.